The van der Waals surface area contributed by atoms with Crippen LogP contribution in [0, 0.1) is 6.92 Å². The Kier molecular flexibility index (Phi) is 3.06. The standard InChI is InChI=1S/C13H15ClN4/c1-9-2-5-11(6-12(9)14)18-13(16-8-17-18)7-15-10-3-4-10/h2,5-6,8,10,15H,3-4,7H2,1H3. The predicted octanol–water partition coefficient (Wildman–Crippen LogP) is 2.48. The largest absolute Gasteiger partial charge is 0.307 e. The second-order valence-electron chi connectivity index (χ2n) is 4.68. The van der Waals surface area contributed by atoms with Crippen LogP contribution in [0.2, 0.25) is 5.02 Å². The van der Waals surface area contributed by atoms with E-state index in [2.05, 4.69) is 15.4 Å². The highest BCUT2D eigenvalue weighted by molar-refractivity contribution is 6.31. The molecule has 18 heavy (non-hydrogen) atoms. The summed E-state index contributed by atoms with van der Waals surface area (Å²) in [5.74, 6) is 0.918. The molecule has 1 aliphatic carbocycles. The van der Waals surface area contributed by atoms with E-state index in [1.54, 1.807) is 6.33 Å². The molecule has 0 atom stereocenters. The van der Waals surface area contributed by atoms with Crippen LogP contribution in [-0.2, 0) is 6.54 Å². The van der Waals surface area contributed by atoms with E-state index in [0.717, 1.165) is 28.6 Å². The zero-order chi connectivity index (χ0) is 12.5. The molecule has 0 amide bonds. The Morgan fingerprint density at radius 3 is 3.00 bits per heavy atom. The Morgan fingerprint density at radius 2 is 2.28 bits per heavy atom. The summed E-state index contributed by atoms with van der Waals surface area (Å²) in [7, 11) is 0. The van der Waals surface area contributed by atoms with Crippen molar-refractivity contribution in [2.24, 2.45) is 0 Å². The van der Waals surface area contributed by atoms with Gasteiger partial charge in [-0.3, -0.25) is 0 Å². The summed E-state index contributed by atoms with van der Waals surface area (Å²) in [5, 5.41) is 8.46. The van der Waals surface area contributed by atoms with Crippen molar-refractivity contribution >= 4 is 11.6 Å². The number of rotatable bonds is 4. The Hall–Kier alpha value is -1.39. The van der Waals surface area contributed by atoms with Crippen LogP contribution in [0.4, 0.5) is 0 Å². The van der Waals surface area contributed by atoms with E-state index in [-0.39, 0.29) is 0 Å². The molecule has 1 aromatic heterocycles. The van der Waals surface area contributed by atoms with Gasteiger partial charge in [-0.25, -0.2) is 9.67 Å². The van der Waals surface area contributed by atoms with Crippen molar-refractivity contribution in [3.8, 4) is 5.69 Å². The van der Waals surface area contributed by atoms with Crippen molar-refractivity contribution in [3.63, 3.8) is 0 Å². The van der Waals surface area contributed by atoms with Crippen LogP contribution in [0.15, 0.2) is 24.5 Å². The average molecular weight is 263 g/mol. The van der Waals surface area contributed by atoms with Crippen molar-refractivity contribution < 1.29 is 0 Å². The first-order chi connectivity index (χ1) is 8.74. The summed E-state index contributed by atoms with van der Waals surface area (Å²) in [6, 6.07) is 6.59. The zero-order valence-corrected chi connectivity index (χ0v) is 11.0. The highest BCUT2D eigenvalue weighted by atomic mass is 35.5. The second kappa shape index (κ2) is 4.71. The molecule has 0 radical (unpaired) electrons. The fourth-order valence-corrected chi connectivity index (χ4v) is 2.01. The van der Waals surface area contributed by atoms with E-state index < -0.39 is 0 Å². The summed E-state index contributed by atoms with van der Waals surface area (Å²) in [5.41, 5.74) is 2.02. The summed E-state index contributed by atoms with van der Waals surface area (Å²) in [4.78, 5) is 4.29. The molecule has 1 heterocycles. The van der Waals surface area contributed by atoms with Gasteiger partial charge in [0.05, 0.1) is 12.2 Å². The molecule has 1 fully saturated rings. The minimum Gasteiger partial charge on any atom is -0.307 e. The monoisotopic (exact) mass is 262 g/mol. The van der Waals surface area contributed by atoms with Gasteiger partial charge in [0.1, 0.15) is 12.2 Å². The van der Waals surface area contributed by atoms with Crippen molar-refractivity contribution in [2.45, 2.75) is 32.4 Å². The van der Waals surface area contributed by atoms with Crippen molar-refractivity contribution in [1.82, 2.24) is 20.1 Å². The number of halogens is 1. The minimum absolute atomic E-state index is 0.664. The van der Waals surface area contributed by atoms with E-state index in [9.17, 15) is 0 Å². The maximum Gasteiger partial charge on any atom is 0.146 e. The normalized spacial score (nSPS) is 15.0. The Morgan fingerprint density at radius 1 is 1.44 bits per heavy atom. The topological polar surface area (TPSA) is 42.7 Å². The van der Waals surface area contributed by atoms with Crippen molar-refractivity contribution in [2.75, 3.05) is 0 Å². The van der Waals surface area contributed by atoms with Gasteiger partial charge in [-0.05, 0) is 37.5 Å². The number of nitrogens with zero attached hydrogens (tertiary/aromatic N) is 3. The fraction of sp³-hybridized carbons (Fsp3) is 0.385. The molecular formula is C13H15ClN4. The molecule has 2 aromatic rings. The number of hydrogen-bond donors (Lipinski definition) is 1. The van der Waals surface area contributed by atoms with E-state index >= 15 is 0 Å². The molecular weight excluding hydrogens is 248 g/mol. The van der Waals surface area contributed by atoms with Gasteiger partial charge in [-0.2, -0.15) is 5.10 Å². The molecule has 1 aromatic carbocycles. The molecule has 1 N–H and O–H groups in total. The molecule has 0 saturated heterocycles. The molecule has 0 aliphatic heterocycles. The van der Waals surface area contributed by atoms with Gasteiger partial charge in [0, 0.05) is 11.1 Å². The zero-order valence-electron chi connectivity index (χ0n) is 10.2. The van der Waals surface area contributed by atoms with Crippen LogP contribution in [0.25, 0.3) is 5.69 Å². The maximum absolute atomic E-state index is 6.14. The first kappa shape index (κ1) is 11.7. The summed E-state index contributed by atoms with van der Waals surface area (Å²) < 4.78 is 1.83. The first-order valence-electron chi connectivity index (χ1n) is 6.13. The minimum atomic E-state index is 0.664. The fourth-order valence-electron chi connectivity index (χ4n) is 1.84. The van der Waals surface area contributed by atoms with Crippen molar-refractivity contribution in [1.29, 1.82) is 0 Å². The maximum atomic E-state index is 6.14. The predicted molar refractivity (Wildman–Crippen MR) is 71.0 cm³/mol. The first-order valence-corrected chi connectivity index (χ1v) is 6.50. The molecule has 0 unspecified atom stereocenters. The lowest BCUT2D eigenvalue weighted by atomic mass is 10.2. The third-order valence-corrected chi connectivity index (χ3v) is 3.55. The van der Waals surface area contributed by atoms with Crippen LogP contribution in [-0.4, -0.2) is 20.8 Å². The Labute approximate surface area is 111 Å². The lowest BCUT2D eigenvalue weighted by molar-refractivity contribution is 0.638. The number of hydrogen-bond acceptors (Lipinski definition) is 3. The summed E-state index contributed by atoms with van der Waals surface area (Å²) >= 11 is 6.14. The van der Waals surface area contributed by atoms with Gasteiger partial charge in [-0.1, -0.05) is 17.7 Å². The van der Waals surface area contributed by atoms with Gasteiger partial charge in [0.25, 0.3) is 0 Å². The Bertz CT molecular complexity index is 560. The van der Waals surface area contributed by atoms with Crippen LogP contribution >= 0.6 is 11.6 Å². The molecule has 0 spiro atoms. The van der Waals surface area contributed by atoms with Gasteiger partial charge in [0.2, 0.25) is 0 Å². The van der Waals surface area contributed by atoms with E-state index in [4.69, 9.17) is 11.6 Å². The Balaban J connectivity index is 1.85. The lowest BCUT2D eigenvalue weighted by Gasteiger charge is -2.08. The SMILES string of the molecule is Cc1ccc(-n2ncnc2CNC2CC2)cc1Cl. The quantitative estimate of drug-likeness (QED) is 0.921. The van der Waals surface area contributed by atoms with Gasteiger partial charge < -0.3 is 5.32 Å². The highest BCUT2D eigenvalue weighted by Gasteiger charge is 2.21. The average Bonchev–Trinajstić information content (AvgIpc) is 3.08. The lowest BCUT2D eigenvalue weighted by Crippen LogP contribution is -2.18. The number of benzene rings is 1. The van der Waals surface area contributed by atoms with E-state index in [1.807, 2.05) is 29.8 Å². The molecule has 1 aliphatic rings. The molecule has 5 heteroatoms. The molecule has 1 saturated carbocycles. The van der Waals surface area contributed by atoms with Crippen molar-refractivity contribution in [3.05, 3.63) is 40.9 Å². The summed E-state index contributed by atoms with van der Waals surface area (Å²) in [6.45, 7) is 2.74. The van der Waals surface area contributed by atoms with Gasteiger partial charge >= 0.3 is 0 Å². The van der Waals surface area contributed by atoms with Crippen LogP contribution < -0.4 is 5.32 Å². The van der Waals surface area contributed by atoms with E-state index in [0.29, 0.717) is 6.04 Å². The number of aryl methyl sites for hydroxylation is 1. The molecule has 94 valence electrons. The molecule has 4 nitrogen and oxygen atoms in total. The molecule has 3 rings (SSSR count). The number of nitrogens with one attached hydrogen (secondary N) is 1. The van der Waals surface area contributed by atoms with Crippen LogP contribution in [0.5, 0.6) is 0 Å². The smallest absolute Gasteiger partial charge is 0.146 e. The highest BCUT2D eigenvalue weighted by Crippen LogP contribution is 2.21. The number of aromatic nitrogens is 3. The third-order valence-electron chi connectivity index (χ3n) is 3.14. The van der Waals surface area contributed by atoms with Crippen LogP contribution in [0.1, 0.15) is 24.2 Å². The van der Waals surface area contributed by atoms with Gasteiger partial charge in [0.15, 0.2) is 0 Å². The second-order valence-corrected chi connectivity index (χ2v) is 5.08. The molecule has 0 bridgehead atoms. The third kappa shape index (κ3) is 2.40. The van der Waals surface area contributed by atoms with Gasteiger partial charge in [-0.15, -0.1) is 0 Å². The summed E-state index contributed by atoms with van der Waals surface area (Å²) in [6.07, 6.45) is 4.12. The van der Waals surface area contributed by atoms with Crippen LogP contribution in [0.3, 0.4) is 0 Å². The van der Waals surface area contributed by atoms with E-state index in [1.165, 1.54) is 12.8 Å².